The van der Waals surface area contributed by atoms with Crippen LogP contribution in [0.15, 0.2) is 47.3 Å². The molecular formula is C29H30BrFN8O3. The van der Waals surface area contributed by atoms with Crippen LogP contribution in [0.2, 0.25) is 0 Å². The van der Waals surface area contributed by atoms with Crippen molar-refractivity contribution in [1.29, 1.82) is 0 Å². The van der Waals surface area contributed by atoms with Crippen LogP contribution in [0.3, 0.4) is 0 Å². The molecule has 13 heteroatoms. The second-order valence-corrected chi connectivity index (χ2v) is 11.4. The quantitative estimate of drug-likeness (QED) is 0.229. The monoisotopic (exact) mass is 636 g/mol. The number of aryl methyl sites for hydroxylation is 1. The molecule has 4 heterocycles. The number of anilines is 1. The van der Waals surface area contributed by atoms with Gasteiger partial charge in [-0.3, -0.25) is 19.1 Å². The molecule has 1 aromatic carbocycles. The highest BCUT2D eigenvalue weighted by molar-refractivity contribution is 9.10. The number of halogens is 2. The molecule has 5 rings (SSSR count). The van der Waals surface area contributed by atoms with Gasteiger partial charge in [0.2, 0.25) is 11.8 Å². The Morgan fingerprint density at radius 1 is 1.14 bits per heavy atom. The molecule has 1 aliphatic rings. The van der Waals surface area contributed by atoms with Crippen LogP contribution in [-0.4, -0.2) is 85.0 Å². The van der Waals surface area contributed by atoms with Crippen LogP contribution in [-0.2, 0) is 22.7 Å². The number of benzene rings is 1. The maximum atomic E-state index is 14.6. The molecular weight excluding hydrogens is 607 g/mol. The highest BCUT2D eigenvalue weighted by Crippen LogP contribution is 2.31. The summed E-state index contributed by atoms with van der Waals surface area (Å²) in [7, 11) is 3.83. The maximum absolute atomic E-state index is 14.6. The summed E-state index contributed by atoms with van der Waals surface area (Å²) in [6, 6.07) is 7.83. The Balaban J connectivity index is 1.50. The van der Waals surface area contributed by atoms with Crippen LogP contribution in [0.5, 0.6) is 0 Å². The zero-order valence-corrected chi connectivity index (χ0v) is 25.2. The number of likely N-dealkylation sites (tertiary alicyclic amines) is 1. The summed E-state index contributed by atoms with van der Waals surface area (Å²) in [5.41, 5.74) is 3.26. The van der Waals surface area contributed by atoms with Crippen LogP contribution in [0, 0.1) is 6.92 Å². The van der Waals surface area contributed by atoms with Gasteiger partial charge in [0, 0.05) is 43.2 Å². The van der Waals surface area contributed by atoms with Crippen molar-refractivity contribution < 1.29 is 18.8 Å². The normalized spacial score (nSPS) is 16.8. The van der Waals surface area contributed by atoms with E-state index in [4.69, 9.17) is 0 Å². The van der Waals surface area contributed by atoms with Gasteiger partial charge in [-0.25, -0.2) is 19.3 Å². The molecule has 1 saturated heterocycles. The number of amides is 2. The minimum absolute atomic E-state index is 0.127. The summed E-state index contributed by atoms with van der Waals surface area (Å²) in [6.45, 7) is 3.23. The largest absolute Gasteiger partial charge is 0.326 e. The van der Waals surface area contributed by atoms with Gasteiger partial charge in [-0.1, -0.05) is 6.07 Å². The van der Waals surface area contributed by atoms with E-state index < -0.39 is 24.0 Å². The lowest BCUT2D eigenvalue weighted by Crippen LogP contribution is -2.44. The van der Waals surface area contributed by atoms with Crippen molar-refractivity contribution in [2.24, 2.45) is 0 Å². The van der Waals surface area contributed by atoms with Crippen LogP contribution >= 0.6 is 15.9 Å². The van der Waals surface area contributed by atoms with Crippen molar-refractivity contribution in [2.75, 3.05) is 26.0 Å². The van der Waals surface area contributed by atoms with Crippen LogP contribution < -0.4 is 5.32 Å². The van der Waals surface area contributed by atoms with Crippen LogP contribution in [0.4, 0.5) is 10.2 Å². The second kappa shape index (κ2) is 12.0. The molecule has 1 N–H and O–H groups in total. The van der Waals surface area contributed by atoms with E-state index in [1.54, 1.807) is 37.5 Å². The summed E-state index contributed by atoms with van der Waals surface area (Å²) in [5, 5.41) is 7.81. The zero-order valence-electron chi connectivity index (χ0n) is 23.6. The number of nitrogens with zero attached hydrogens (tertiary/aromatic N) is 7. The van der Waals surface area contributed by atoms with E-state index in [1.807, 2.05) is 31.1 Å². The number of Topliss-reactive ketones (excluding diaryl/α,β-unsaturated/α-hetero) is 1. The fourth-order valence-corrected chi connectivity index (χ4v) is 5.51. The minimum atomic E-state index is -1.36. The standard InChI is InChI=1S/C29H30BrFN8O3/c1-16(40)27-22-9-18(20-11-32-17(2)33-12-20)8-19(13-37(3)4)28(22)39(36-27)15-26(41)38-14-21(31)10-23(38)29(42)35-25-7-5-6-24(30)34-25/h5-9,11-12,21,23H,10,13-15H2,1-4H3,(H,34,35,42)/t21-,23+/m1/s1. The predicted octanol–water partition coefficient (Wildman–Crippen LogP) is 3.80. The molecule has 11 nitrogen and oxygen atoms in total. The summed E-state index contributed by atoms with van der Waals surface area (Å²) in [6.07, 6.45) is 1.96. The first kappa shape index (κ1) is 29.4. The molecule has 0 aliphatic carbocycles. The van der Waals surface area contributed by atoms with Gasteiger partial charge in [0.05, 0.1) is 12.1 Å². The highest BCUT2D eigenvalue weighted by atomic mass is 79.9. The molecule has 0 unspecified atom stereocenters. The Bertz CT molecular complexity index is 1670. The minimum Gasteiger partial charge on any atom is -0.326 e. The third kappa shape index (κ3) is 6.21. The molecule has 0 bridgehead atoms. The topological polar surface area (TPSA) is 126 Å². The summed E-state index contributed by atoms with van der Waals surface area (Å²) in [4.78, 5) is 55.5. The second-order valence-electron chi connectivity index (χ2n) is 10.6. The Labute approximate surface area is 250 Å². The number of hydrogen-bond donors (Lipinski definition) is 1. The molecule has 218 valence electrons. The van der Waals surface area contributed by atoms with E-state index in [0.29, 0.717) is 27.9 Å². The SMILES string of the molecule is CC(=O)c1nn(CC(=O)N2C[C@H](F)C[C@H]2C(=O)Nc2cccc(Br)n2)c2c(CN(C)C)cc(-c3cnc(C)nc3)cc12. The van der Waals surface area contributed by atoms with E-state index in [2.05, 4.69) is 41.3 Å². The third-order valence-electron chi connectivity index (χ3n) is 6.98. The number of ketones is 1. The Hall–Kier alpha value is -4.10. The Morgan fingerprint density at radius 2 is 1.88 bits per heavy atom. The molecule has 3 aromatic heterocycles. The van der Waals surface area contributed by atoms with Crippen molar-refractivity contribution in [3.8, 4) is 11.1 Å². The molecule has 2 amide bonds. The number of carbonyl (C=O) groups is 3. The van der Waals surface area contributed by atoms with Crippen molar-refractivity contribution in [2.45, 2.75) is 45.6 Å². The first-order valence-electron chi connectivity index (χ1n) is 13.3. The van der Waals surface area contributed by atoms with Gasteiger partial charge in [-0.05, 0) is 72.3 Å². The maximum Gasteiger partial charge on any atom is 0.248 e. The van der Waals surface area contributed by atoms with Gasteiger partial charge in [0.25, 0.3) is 0 Å². The van der Waals surface area contributed by atoms with E-state index in [9.17, 15) is 18.8 Å². The van der Waals surface area contributed by atoms with Gasteiger partial charge in [0.1, 0.15) is 40.7 Å². The van der Waals surface area contributed by atoms with E-state index in [-0.39, 0.29) is 36.8 Å². The summed E-state index contributed by atoms with van der Waals surface area (Å²) >= 11 is 3.26. The number of rotatable bonds is 8. The summed E-state index contributed by atoms with van der Waals surface area (Å²) < 4.78 is 16.6. The lowest BCUT2D eigenvalue weighted by atomic mass is 10.00. The van der Waals surface area contributed by atoms with Gasteiger partial charge >= 0.3 is 0 Å². The Morgan fingerprint density at radius 3 is 2.55 bits per heavy atom. The molecule has 1 aliphatic heterocycles. The zero-order chi connectivity index (χ0) is 30.1. The number of carbonyl (C=O) groups excluding carboxylic acids is 3. The fourth-order valence-electron chi connectivity index (χ4n) is 5.16. The molecule has 0 saturated carbocycles. The van der Waals surface area contributed by atoms with Crippen LogP contribution in [0.1, 0.15) is 35.2 Å². The lowest BCUT2D eigenvalue weighted by molar-refractivity contribution is -0.137. The molecule has 0 radical (unpaired) electrons. The third-order valence-corrected chi connectivity index (χ3v) is 7.42. The number of nitrogens with one attached hydrogen (secondary N) is 1. The van der Waals surface area contributed by atoms with E-state index >= 15 is 0 Å². The van der Waals surface area contributed by atoms with E-state index in [1.165, 1.54) is 16.5 Å². The first-order valence-corrected chi connectivity index (χ1v) is 14.1. The van der Waals surface area contributed by atoms with Crippen molar-refractivity contribution in [3.05, 3.63) is 64.4 Å². The molecule has 42 heavy (non-hydrogen) atoms. The molecule has 1 fully saturated rings. The van der Waals surface area contributed by atoms with E-state index in [0.717, 1.165) is 16.7 Å². The molecule has 4 aromatic rings. The average Bonchev–Trinajstić information content (AvgIpc) is 3.50. The summed E-state index contributed by atoms with van der Waals surface area (Å²) in [5.74, 6) is -0.341. The molecule has 2 atom stereocenters. The van der Waals surface area contributed by atoms with Gasteiger partial charge in [0.15, 0.2) is 5.78 Å². The number of alkyl halides is 1. The van der Waals surface area contributed by atoms with Crippen molar-refractivity contribution in [3.63, 3.8) is 0 Å². The van der Waals surface area contributed by atoms with Gasteiger partial charge in [-0.15, -0.1) is 0 Å². The predicted molar refractivity (Wildman–Crippen MR) is 158 cm³/mol. The lowest BCUT2D eigenvalue weighted by Gasteiger charge is -2.24. The number of fused-ring (bicyclic) bond motifs is 1. The number of aromatic nitrogens is 5. The smallest absolute Gasteiger partial charge is 0.248 e. The molecule has 0 spiro atoms. The number of hydrogen-bond acceptors (Lipinski definition) is 8. The van der Waals surface area contributed by atoms with Gasteiger partial charge < -0.3 is 15.1 Å². The van der Waals surface area contributed by atoms with Gasteiger partial charge in [-0.2, -0.15) is 5.10 Å². The highest BCUT2D eigenvalue weighted by Gasteiger charge is 2.40. The van der Waals surface area contributed by atoms with Crippen molar-refractivity contribution in [1.82, 2.24) is 34.5 Å². The fraction of sp³-hybridized carbons (Fsp3) is 0.345. The van der Waals surface area contributed by atoms with Crippen molar-refractivity contribution >= 4 is 50.2 Å². The first-order chi connectivity index (χ1) is 20.0. The average molecular weight is 638 g/mol. The van der Waals surface area contributed by atoms with Crippen LogP contribution in [0.25, 0.3) is 22.0 Å². The number of pyridine rings is 1. The Kier molecular flexibility index (Phi) is 8.41.